The number of carboxylic acids is 1. The Kier molecular flexibility index (Phi) is 6.28. The van der Waals surface area contributed by atoms with Gasteiger partial charge in [-0.2, -0.15) is 0 Å². The van der Waals surface area contributed by atoms with Crippen molar-refractivity contribution in [3.63, 3.8) is 0 Å². The molecule has 23 heavy (non-hydrogen) atoms. The number of aliphatic hydroxyl groups excluding tert-OH is 4. The molecule has 7 N–H and O–H groups in total. The number of benzene rings is 1. The monoisotopic (exact) mass is 332 g/mol. The second-order valence-corrected chi connectivity index (χ2v) is 4.60. The highest BCUT2D eigenvalue weighted by molar-refractivity contribution is 5.92. The maximum atomic E-state index is 11.8. The van der Waals surface area contributed by atoms with Crippen molar-refractivity contribution in [3.8, 4) is 11.5 Å². The van der Waals surface area contributed by atoms with Crippen molar-refractivity contribution in [1.82, 2.24) is 0 Å². The van der Waals surface area contributed by atoms with Gasteiger partial charge in [-0.1, -0.05) is 0 Å². The summed E-state index contributed by atoms with van der Waals surface area (Å²) in [6, 6.07) is 2.80. The predicted octanol–water partition coefficient (Wildman–Crippen LogP) is -2.22. The molecule has 0 saturated heterocycles. The molecule has 1 rings (SSSR count). The average molecular weight is 332 g/mol. The van der Waals surface area contributed by atoms with Crippen LogP contribution >= 0.6 is 0 Å². The summed E-state index contributed by atoms with van der Waals surface area (Å²) in [6.07, 6.45) is -8.38. The fraction of sp³-hybridized carbons (Fsp3) is 0.385. The van der Waals surface area contributed by atoms with Crippen LogP contribution in [0.25, 0.3) is 0 Å². The number of rotatable bonds is 7. The van der Waals surface area contributed by atoms with Crippen LogP contribution in [0.1, 0.15) is 10.4 Å². The van der Waals surface area contributed by atoms with Crippen molar-refractivity contribution in [2.45, 2.75) is 24.4 Å². The summed E-state index contributed by atoms with van der Waals surface area (Å²) >= 11 is 0. The number of phenols is 2. The van der Waals surface area contributed by atoms with Crippen LogP contribution in [0.5, 0.6) is 11.5 Å². The molecule has 0 unspecified atom stereocenters. The minimum atomic E-state index is -2.24. The Morgan fingerprint density at radius 3 is 2.13 bits per heavy atom. The van der Waals surface area contributed by atoms with Crippen LogP contribution in [0, 0.1) is 0 Å². The zero-order valence-corrected chi connectivity index (χ0v) is 11.6. The number of ether oxygens (including phenoxy) is 1. The van der Waals surface area contributed by atoms with Crippen LogP contribution in [0.4, 0.5) is 0 Å². The number of phenolic OH excluding ortho intramolecular Hbond substituents is 2. The van der Waals surface area contributed by atoms with Crippen LogP contribution in [0.2, 0.25) is 0 Å². The van der Waals surface area contributed by atoms with Gasteiger partial charge in [-0.15, -0.1) is 0 Å². The SMILES string of the molecule is O=C(O[C@@H](C(=O)O)[C@@H](O)[C@H](O)[C@H](O)CO)c1ccc(O)c(O)c1. The normalized spacial score (nSPS) is 16.2. The largest absolute Gasteiger partial charge is 0.504 e. The third-order valence-electron chi connectivity index (χ3n) is 2.93. The van der Waals surface area contributed by atoms with E-state index in [0.717, 1.165) is 18.2 Å². The summed E-state index contributed by atoms with van der Waals surface area (Å²) in [5, 5.41) is 64.4. The Morgan fingerprint density at radius 2 is 1.65 bits per heavy atom. The first kappa shape index (κ1) is 18.6. The maximum Gasteiger partial charge on any atom is 0.347 e. The number of aliphatic hydroxyl groups is 4. The van der Waals surface area contributed by atoms with Gasteiger partial charge in [0.15, 0.2) is 11.5 Å². The van der Waals surface area contributed by atoms with Gasteiger partial charge in [0.05, 0.1) is 12.2 Å². The minimum absolute atomic E-state index is 0.323. The molecule has 0 bridgehead atoms. The molecule has 0 aliphatic rings. The van der Waals surface area contributed by atoms with Crippen molar-refractivity contribution in [3.05, 3.63) is 23.8 Å². The second-order valence-electron chi connectivity index (χ2n) is 4.60. The lowest BCUT2D eigenvalue weighted by Gasteiger charge is -2.26. The molecule has 0 aromatic heterocycles. The van der Waals surface area contributed by atoms with Gasteiger partial charge in [0, 0.05) is 0 Å². The van der Waals surface area contributed by atoms with Crippen molar-refractivity contribution < 1.29 is 50.1 Å². The van der Waals surface area contributed by atoms with E-state index in [1.165, 1.54) is 0 Å². The number of esters is 1. The van der Waals surface area contributed by atoms with Gasteiger partial charge in [-0.05, 0) is 18.2 Å². The third kappa shape index (κ3) is 4.53. The lowest BCUT2D eigenvalue weighted by atomic mass is 10.0. The molecule has 0 radical (unpaired) electrons. The average Bonchev–Trinajstić information content (AvgIpc) is 2.52. The molecular formula is C13H16O10. The number of aromatic hydroxyl groups is 2. The van der Waals surface area contributed by atoms with E-state index in [2.05, 4.69) is 4.74 Å². The number of carbonyl (C=O) groups excluding carboxylic acids is 1. The van der Waals surface area contributed by atoms with E-state index in [0.29, 0.717) is 0 Å². The number of hydrogen-bond donors (Lipinski definition) is 7. The van der Waals surface area contributed by atoms with E-state index in [-0.39, 0.29) is 5.56 Å². The van der Waals surface area contributed by atoms with E-state index < -0.39 is 54.5 Å². The van der Waals surface area contributed by atoms with E-state index in [1.54, 1.807) is 0 Å². The van der Waals surface area contributed by atoms with Gasteiger partial charge >= 0.3 is 11.9 Å². The van der Waals surface area contributed by atoms with Gasteiger partial charge in [-0.3, -0.25) is 0 Å². The molecule has 0 aliphatic heterocycles. The van der Waals surface area contributed by atoms with Gasteiger partial charge in [0.2, 0.25) is 6.10 Å². The molecule has 0 heterocycles. The molecule has 128 valence electrons. The summed E-state index contributed by atoms with van der Waals surface area (Å²) in [5.41, 5.74) is -0.323. The maximum absolute atomic E-state index is 11.8. The zero-order valence-electron chi connectivity index (χ0n) is 11.6. The quantitative estimate of drug-likeness (QED) is 0.213. The van der Waals surface area contributed by atoms with Crippen molar-refractivity contribution in [2.24, 2.45) is 0 Å². The predicted molar refractivity (Wildman–Crippen MR) is 71.7 cm³/mol. The Bertz CT molecular complexity index is 572. The van der Waals surface area contributed by atoms with Crippen molar-refractivity contribution in [1.29, 1.82) is 0 Å². The van der Waals surface area contributed by atoms with Gasteiger partial charge < -0.3 is 40.5 Å². The van der Waals surface area contributed by atoms with Gasteiger partial charge in [0.25, 0.3) is 0 Å². The minimum Gasteiger partial charge on any atom is -0.504 e. The molecule has 1 aromatic rings. The topological polar surface area (TPSA) is 185 Å². The number of carbonyl (C=O) groups is 2. The molecule has 4 atom stereocenters. The lowest BCUT2D eigenvalue weighted by molar-refractivity contribution is -0.165. The summed E-state index contributed by atoms with van der Waals surface area (Å²) in [4.78, 5) is 22.9. The summed E-state index contributed by atoms with van der Waals surface area (Å²) in [6.45, 7) is -0.954. The van der Waals surface area contributed by atoms with Crippen LogP contribution in [0.3, 0.4) is 0 Å². The first-order valence-corrected chi connectivity index (χ1v) is 6.29. The Labute approximate surface area is 129 Å². The van der Waals surface area contributed by atoms with Crippen LogP contribution in [-0.2, 0) is 9.53 Å². The Morgan fingerprint density at radius 1 is 1.04 bits per heavy atom. The van der Waals surface area contributed by atoms with E-state index in [9.17, 15) is 30.0 Å². The first-order chi connectivity index (χ1) is 10.7. The molecule has 0 spiro atoms. The molecule has 10 nitrogen and oxygen atoms in total. The fourth-order valence-electron chi connectivity index (χ4n) is 1.61. The smallest absolute Gasteiger partial charge is 0.347 e. The fourth-order valence-corrected chi connectivity index (χ4v) is 1.61. The highest BCUT2D eigenvalue weighted by atomic mass is 16.6. The molecule has 0 amide bonds. The van der Waals surface area contributed by atoms with Gasteiger partial charge in [-0.25, -0.2) is 9.59 Å². The summed E-state index contributed by atoms with van der Waals surface area (Å²) < 4.78 is 4.54. The summed E-state index contributed by atoms with van der Waals surface area (Å²) in [5.74, 6) is -4.24. The molecule has 10 heteroatoms. The molecule has 0 aliphatic carbocycles. The number of carboxylic acid groups (broad SMARTS) is 1. The van der Waals surface area contributed by atoms with E-state index >= 15 is 0 Å². The third-order valence-corrected chi connectivity index (χ3v) is 2.93. The molecule has 1 aromatic carbocycles. The van der Waals surface area contributed by atoms with Crippen LogP contribution in [-0.4, -0.2) is 78.7 Å². The van der Waals surface area contributed by atoms with Crippen molar-refractivity contribution in [2.75, 3.05) is 6.61 Å². The van der Waals surface area contributed by atoms with Crippen LogP contribution in [0.15, 0.2) is 18.2 Å². The molecule has 0 saturated carbocycles. The van der Waals surface area contributed by atoms with E-state index in [1.807, 2.05) is 0 Å². The lowest BCUT2D eigenvalue weighted by Crippen LogP contribution is -2.50. The Balaban J connectivity index is 2.92. The van der Waals surface area contributed by atoms with Gasteiger partial charge in [0.1, 0.15) is 18.3 Å². The zero-order chi connectivity index (χ0) is 17.7. The standard InChI is InChI=1S/C13H16O10/c14-4-8(17)9(18)10(19)11(12(20)21)23-13(22)5-1-2-6(15)7(16)3-5/h1-3,8-11,14-19H,4H2,(H,20,21)/t8-,9-,10+,11-/m1/s1. The highest BCUT2D eigenvalue weighted by Gasteiger charge is 2.38. The Hall–Kier alpha value is -2.40. The van der Waals surface area contributed by atoms with Crippen LogP contribution < -0.4 is 0 Å². The van der Waals surface area contributed by atoms with E-state index in [4.69, 9.17) is 15.3 Å². The second kappa shape index (κ2) is 7.74. The summed E-state index contributed by atoms with van der Waals surface area (Å²) in [7, 11) is 0. The van der Waals surface area contributed by atoms with Crippen molar-refractivity contribution >= 4 is 11.9 Å². The molecular weight excluding hydrogens is 316 g/mol. The highest BCUT2D eigenvalue weighted by Crippen LogP contribution is 2.25. The molecule has 0 fully saturated rings. The first-order valence-electron chi connectivity index (χ1n) is 6.29. The number of aliphatic carboxylic acids is 1. The number of hydrogen-bond acceptors (Lipinski definition) is 9.